The van der Waals surface area contributed by atoms with Gasteiger partial charge in [0.1, 0.15) is 0 Å². The Morgan fingerprint density at radius 3 is 2.33 bits per heavy atom. The molecule has 0 fully saturated rings. The molecule has 70 valence electrons. The molecule has 0 saturated carbocycles. The predicted octanol–water partition coefficient (Wildman–Crippen LogP) is -0.606. The molecule has 0 aliphatic carbocycles. The Bertz CT molecular complexity index is 168. The highest BCUT2D eigenvalue weighted by molar-refractivity contribution is 5.95. The first kappa shape index (κ1) is 10.9. The van der Waals surface area contributed by atoms with Gasteiger partial charge in [0.2, 0.25) is 5.91 Å². The molecular formula is C7H15N3O2. The first-order chi connectivity index (χ1) is 5.56. The minimum absolute atomic E-state index is 0.219. The molecule has 0 aromatic heterocycles. The molecule has 0 radical (unpaired) electrons. The summed E-state index contributed by atoms with van der Waals surface area (Å²) in [5.41, 5.74) is 0. The lowest BCUT2D eigenvalue weighted by Crippen LogP contribution is -2.43. The molecule has 5 heteroatoms. The van der Waals surface area contributed by atoms with Crippen LogP contribution >= 0.6 is 0 Å². The maximum absolute atomic E-state index is 10.9. The Morgan fingerprint density at radius 1 is 1.33 bits per heavy atom. The number of hydrogen-bond donors (Lipinski definition) is 2. The van der Waals surface area contributed by atoms with Crippen LogP contribution in [-0.2, 0) is 4.79 Å². The van der Waals surface area contributed by atoms with Crippen LogP contribution in [0.1, 0.15) is 6.92 Å². The summed E-state index contributed by atoms with van der Waals surface area (Å²) < 4.78 is 0. The van der Waals surface area contributed by atoms with Gasteiger partial charge in [-0.1, -0.05) is 0 Å². The number of nitrogens with zero attached hydrogens (tertiary/aromatic N) is 1. The molecule has 12 heavy (non-hydrogen) atoms. The summed E-state index contributed by atoms with van der Waals surface area (Å²) in [5, 5.41) is 4.64. The number of rotatable bonds is 3. The molecule has 2 N–H and O–H groups in total. The van der Waals surface area contributed by atoms with Crippen LogP contribution in [-0.4, -0.2) is 44.0 Å². The van der Waals surface area contributed by atoms with E-state index >= 15 is 0 Å². The van der Waals surface area contributed by atoms with Gasteiger partial charge in [-0.05, 0) is 21.0 Å². The third-order valence-electron chi connectivity index (χ3n) is 1.05. The van der Waals surface area contributed by atoms with E-state index in [9.17, 15) is 9.59 Å². The normalized spacial score (nSPS) is 9.67. The Morgan fingerprint density at radius 2 is 1.92 bits per heavy atom. The van der Waals surface area contributed by atoms with Crippen LogP contribution < -0.4 is 10.6 Å². The van der Waals surface area contributed by atoms with Gasteiger partial charge in [-0.15, -0.1) is 0 Å². The summed E-state index contributed by atoms with van der Waals surface area (Å²) in [4.78, 5) is 23.4. The molecule has 3 amide bonds. The van der Waals surface area contributed by atoms with E-state index in [1.54, 1.807) is 25.9 Å². The lowest BCUT2D eigenvalue weighted by Gasteiger charge is -2.08. The van der Waals surface area contributed by atoms with E-state index in [-0.39, 0.29) is 12.5 Å². The number of hydrogen-bond acceptors (Lipinski definition) is 3. The number of carbonyl (C=O) groups is 2. The highest BCUT2D eigenvalue weighted by Crippen LogP contribution is 1.74. The van der Waals surface area contributed by atoms with Crippen molar-refractivity contribution >= 4 is 11.9 Å². The molecule has 0 unspecified atom stereocenters. The second-order valence-corrected chi connectivity index (χ2v) is 2.65. The Labute approximate surface area is 72.1 Å². The number of likely N-dealkylation sites (N-methyl/N-ethyl adjacent to an activating group) is 1. The number of nitrogens with one attached hydrogen (secondary N) is 2. The van der Waals surface area contributed by atoms with Gasteiger partial charge in [-0.2, -0.15) is 0 Å². The number of amides is 3. The monoisotopic (exact) mass is 173 g/mol. The maximum Gasteiger partial charge on any atom is 0.321 e. The van der Waals surface area contributed by atoms with Crippen molar-refractivity contribution in [2.24, 2.45) is 0 Å². The molecule has 0 aromatic carbocycles. The highest BCUT2D eigenvalue weighted by atomic mass is 16.2. The average Bonchev–Trinajstić information content (AvgIpc) is 1.84. The summed E-state index contributed by atoms with van der Waals surface area (Å²) in [6.07, 6.45) is 0. The van der Waals surface area contributed by atoms with E-state index in [1.165, 1.54) is 0 Å². The first-order valence-corrected chi connectivity index (χ1v) is 3.78. The van der Waals surface area contributed by atoms with Crippen molar-refractivity contribution in [3.8, 4) is 0 Å². The van der Waals surface area contributed by atoms with Crippen molar-refractivity contribution in [2.75, 3.05) is 27.2 Å². The highest BCUT2D eigenvalue weighted by Gasteiger charge is 2.06. The van der Waals surface area contributed by atoms with Crippen molar-refractivity contribution in [3.05, 3.63) is 0 Å². The summed E-state index contributed by atoms with van der Waals surface area (Å²) in [7, 11) is 3.52. The lowest BCUT2D eigenvalue weighted by molar-refractivity contribution is -0.120. The van der Waals surface area contributed by atoms with E-state index in [0.29, 0.717) is 6.54 Å². The third-order valence-corrected chi connectivity index (χ3v) is 1.05. The molecule has 5 nitrogen and oxygen atoms in total. The summed E-state index contributed by atoms with van der Waals surface area (Å²) in [6.45, 7) is 2.52. The summed E-state index contributed by atoms with van der Waals surface area (Å²) in [6, 6.07) is -0.440. The van der Waals surface area contributed by atoms with Gasteiger partial charge in [0.15, 0.2) is 0 Å². The van der Waals surface area contributed by atoms with Gasteiger partial charge in [-0.3, -0.25) is 10.1 Å². The Balaban J connectivity index is 3.62. The second-order valence-electron chi connectivity index (χ2n) is 2.65. The lowest BCUT2D eigenvalue weighted by atomic mass is 10.5. The molecule has 0 bridgehead atoms. The van der Waals surface area contributed by atoms with Crippen LogP contribution in [0.4, 0.5) is 4.79 Å². The molecular weight excluding hydrogens is 158 g/mol. The molecule has 0 aliphatic rings. The van der Waals surface area contributed by atoms with Gasteiger partial charge >= 0.3 is 6.03 Å². The van der Waals surface area contributed by atoms with Crippen LogP contribution in [0.2, 0.25) is 0 Å². The van der Waals surface area contributed by atoms with Gasteiger partial charge in [0.05, 0.1) is 6.54 Å². The zero-order chi connectivity index (χ0) is 9.56. The van der Waals surface area contributed by atoms with E-state index < -0.39 is 6.03 Å². The number of urea groups is 1. The van der Waals surface area contributed by atoms with Gasteiger partial charge < -0.3 is 10.2 Å². The first-order valence-electron chi connectivity index (χ1n) is 3.78. The fourth-order valence-electron chi connectivity index (χ4n) is 0.658. The van der Waals surface area contributed by atoms with Crippen LogP contribution in [0.5, 0.6) is 0 Å². The fourth-order valence-corrected chi connectivity index (χ4v) is 0.658. The molecule has 0 heterocycles. The van der Waals surface area contributed by atoms with Crippen LogP contribution in [0.3, 0.4) is 0 Å². The minimum atomic E-state index is -0.440. The second kappa shape index (κ2) is 5.54. The SMILES string of the molecule is CCNC(=O)NC(=O)CN(C)C. The molecule has 0 rings (SSSR count). The number of imide groups is 1. The summed E-state index contributed by atoms with van der Waals surface area (Å²) >= 11 is 0. The fraction of sp³-hybridized carbons (Fsp3) is 0.714. The smallest absolute Gasteiger partial charge is 0.321 e. The van der Waals surface area contributed by atoms with Crippen LogP contribution in [0.25, 0.3) is 0 Å². The van der Waals surface area contributed by atoms with Crippen molar-refractivity contribution in [2.45, 2.75) is 6.92 Å². The van der Waals surface area contributed by atoms with E-state index in [2.05, 4.69) is 10.6 Å². The van der Waals surface area contributed by atoms with Crippen molar-refractivity contribution in [1.82, 2.24) is 15.5 Å². The van der Waals surface area contributed by atoms with Crippen LogP contribution in [0, 0.1) is 0 Å². The molecule has 0 aliphatic heterocycles. The van der Waals surface area contributed by atoms with Crippen molar-refractivity contribution < 1.29 is 9.59 Å². The summed E-state index contributed by atoms with van der Waals surface area (Å²) in [5.74, 6) is -0.300. The predicted molar refractivity (Wildman–Crippen MR) is 45.8 cm³/mol. The van der Waals surface area contributed by atoms with Gasteiger partial charge in [-0.25, -0.2) is 4.79 Å². The molecule has 0 spiro atoms. The zero-order valence-corrected chi connectivity index (χ0v) is 7.68. The quantitative estimate of drug-likeness (QED) is 0.598. The third kappa shape index (κ3) is 5.67. The Kier molecular flexibility index (Phi) is 5.03. The average molecular weight is 173 g/mol. The van der Waals surface area contributed by atoms with Gasteiger partial charge in [0, 0.05) is 6.54 Å². The van der Waals surface area contributed by atoms with Crippen molar-refractivity contribution in [3.63, 3.8) is 0 Å². The number of carbonyl (C=O) groups excluding carboxylic acids is 2. The maximum atomic E-state index is 10.9. The standard InChI is InChI=1S/C7H15N3O2/c1-4-8-7(12)9-6(11)5-10(2)3/h4-5H2,1-3H3,(H2,8,9,11,12). The van der Waals surface area contributed by atoms with Gasteiger partial charge in [0.25, 0.3) is 0 Å². The van der Waals surface area contributed by atoms with E-state index in [4.69, 9.17) is 0 Å². The van der Waals surface area contributed by atoms with Crippen molar-refractivity contribution in [1.29, 1.82) is 0 Å². The molecule has 0 aromatic rings. The molecule has 0 atom stereocenters. The Hall–Kier alpha value is -1.10. The molecule has 0 saturated heterocycles. The minimum Gasteiger partial charge on any atom is -0.338 e. The van der Waals surface area contributed by atoms with E-state index in [1.807, 2.05) is 0 Å². The van der Waals surface area contributed by atoms with E-state index in [0.717, 1.165) is 0 Å². The van der Waals surface area contributed by atoms with Crippen LogP contribution in [0.15, 0.2) is 0 Å². The zero-order valence-electron chi connectivity index (χ0n) is 7.68. The topological polar surface area (TPSA) is 61.4 Å². The largest absolute Gasteiger partial charge is 0.338 e.